The second-order valence-electron chi connectivity index (χ2n) is 5.81. The molecule has 112 valence electrons. The third-order valence-electron chi connectivity index (χ3n) is 4.10. The van der Waals surface area contributed by atoms with Crippen LogP contribution in [0.3, 0.4) is 0 Å². The lowest BCUT2D eigenvalue weighted by Crippen LogP contribution is -2.22. The van der Waals surface area contributed by atoms with Crippen molar-refractivity contribution in [1.29, 1.82) is 0 Å². The fourth-order valence-electron chi connectivity index (χ4n) is 2.74. The third kappa shape index (κ3) is 3.97. The first-order valence-corrected chi connectivity index (χ1v) is 7.84. The highest BCUT2D eigenvalue weighted by molar-refractivity contribution is 5.40. The highest BCUT2D eigenvalue weighted by Gasteiger charge is 2.15. The van der Waals surface area contributed by atoms with Gasteiger partial charge in [0.25, 0.3) is 0 Å². The Bertz CT molecular complexity index is 419. The van der Waals surface area contributed by atoms with Gasteiger partial charge in [-0.3, -0.25) is 0 Å². The molecule has 0 saturated heterocycles. The van der Waals surface area contributed by atoms with Crippen molar-refractivity contribution < 1.29 is 9.84 Å². The molecule has 1 aromatic carbocycles. The zero-order valence-corrected chi connectivity index (χ0v) is 12.7. The number of aliphatic hydroxyl groups is 1. The lowest BCUT2D eigenvalue weighted by atomic mass is 10.00. The molecule has 0 spiro atoms. The van der Waals surface area contributed by atoms with Gasteiger partial charge in [0, 0.05) is 19.1 Å². The van der Waals surface area contributed by atoms with Crippen molar-refractivity contribution in [2.45, 2.75) is 45.6 Å². The van der Waals surface area contributed by atoms with Crippen LogP contribution in [0.25, 0.3) is 0 Å². The average Bonchev–Trinajstić information content (AvgIpc) is 2.94. The molecule has 1 heterocycles. The van der Waals surface area contributed by atoms with Crippen LogP contribution in [0.4, 0.5) is 0 Å². The molecule has 0 aliphatic carbocycles. The van der Waals surface area contributed by atoms with E-state index in [4.69, 9.17) is 9.84 Å². The summed E-state index contributed by atoms with van der Waals surface area (Å²) in [6.07, 6.45) is 4.33. The Morgan fingerprint density at radius 3 is 3.00 bits per heavy atom. The van der Waals surface area contributed by atoms with Crippen LogP contribution >= 0.6 is 0 Å². The number of fused-ring (bicyclic) bond motifs is 1. The minimum absolute atomic E-state index is 0.294. The Balaban J connectivity index is 1.85. The molecule has 2 N–H and O–H groups in total. The first-order chi connectivity index (χ1) is 9.74. The summed E-state index contributed by atoms with van der Waals surface area (Å²) in [6, 6.07) is 7.00. The molecule has 1 aliphatic rings. The van der Waals surface area contributed by atoms with Crippen molar-refractivity contribution >= 4 is 0 Å². The van der Waals surface area contributed by atoms with Crippen LogP contribution in [0.15, 0.2) is 18.2 Å². The normalized spacial score (nSPS) is 16.6. The van der Waals surface area contributed by atoms with Gasteiger partial charge in [0.05, 0.1) is 6.61 Å². The SMILES string of the molecule is CCC(NCCCC(C)CO)c1ccc2c(c1)CCO2. The van der Waals surface area contributed by atoms with Crippen molar-refractivity contribution in [1.82, 2.24) is 5.32 Å². The van der Waals surface area contributed by atoms with Crippen LogP contribution in [0.5, 0.6) is 5.75 Å². The minimum atomic E-state index is 0.294. The number of nitrogens with one attached hydrogen (secondary N) is 1. The fraction of sp³-hybridized carbons (Fsp3) is 0.647. The maximum Gasteiger partial charge on any atom is 0.122 e. The van der Waals surface area contributed by atoms with E-state index in [0.717, 1.165) is 44.6 Å². The molecule has 20 heavy (non-hydrogen) atoms. The summed E-state index contributed by atoms with van der Waals surface area (Å²) >= 11 is 0. The van der Waals surface area contributed by atoms with Gasteiger partial charge in [-0.25, -0.2) is 0 Å². The molecule has 2 atom stereocenters. The summed E-state index contributed by atoms with van der Waals surface area (Å²) in [5.41, 5.74) is 2.71. The van der Waals surface area contributed by atoms with E-state index >= 15 is 0 Å². The molecule has 0 aromatic heterocycles. The Morgan fingerprint density at radius 1 is 1.40 bits per heavy atom. The van der Waals surface area contributed by atoms with Gasteiger partial charge in [0.2, 0.25) is 0 Å². The van der Waals surface area contributed by atoms with Crippen molar-refractivity contribution in [2.75, 3.05) is 19.8 Å². The molecule has 0 bridgehead atoms. The van der Waals surface area contributed by atoms with Gasteiger partial charge in [0.1, 0.15) is 5.75 Å². The van der Waals surface area contributed by atoms with E-state index in [1.165, 1.54) is 11.1 Å². The van der Waals surface area contributed by atoms with Crippen molar-refractivity contribution in [2.24, 2.45) is 5.92 Å². The van der Waals surface area contributed by atoms with Gasteiger partial charge in [-0.2, -0.15) is 0 Å². The van der Waals surface area contributed by atoms with E-state index in [1.807, 2.05) is 0 Å². The quantitative estimate of drug-likeness (QED) is 0.718. The number of hydrogen-bond acceptors (Lipinski definition) is 3. The smallest absolute Gasteiger partial charge is 0.122 e. The zero-order chi connectivity index (χ0) is 14.4. The zero-order valence-electron chi connectivity index (χ0n) is 12.7. The molecule has 0 fully saturated rings. The van der Waals surface area contributed by atoms with E-state index in [9.17, 15) is 0 Å². The molecule has 0 amide bonds. The molecule has 2 rings (SSSR count). The van der Waals surface area contributed by atoms with Crippen LogP contribution in [0.2, 0.25) is 0 Å². The summed E-state index contributed by atoms with van der Waals surface area (Å²) in [7, 11) is 0. The first-order valence-electron chi connectivity index (χ1n) is 7.84. The summed E-state index contributed by atoms with van der Waals surface area (Å²) < 4.78 is 5.56. The third-order valence-corrected chi connectivity index (χ3v) is 4.10. The van der Waals surface area contributed by atoms with Gasteiger partial charge in [-0.15, -0.1) is 0 Å². The number of benzene rings is 1. The Kier molecular flexibility index (Phi) is 5.86. The van der Waals surface area contributed by atoms with Crippen LogP contribution in [-0.4, -0.2) is 24.9 Å². The van der Waals surface area contributed by atoms with Crippen LogP contribution in [0, 0.1) is 5.92 Å². The van der Waals surface area contributed by atoms with E-state index in [-0.39, 0.29) is 0 Å². The Labute approximate surface area is 122 Å². The summed E-state index contributed by atoms with van der Waals surface area (Å²) in [5.74, 6) is 1.47. The molecule has 1 aliphatic heterocycles. The molecule has 2 unspecified atom stereocenters. The van der Waals surface area contributed by atoms with E-state index < -0.39 is 0 Å². The summed E-state index contributed by atoms with van der Waals surface area (Å²) in [6.45, 7) is 6.44. The predicted molar refractivity (Wildman–Crippen MR) is 82.2 cm³/mol. The molecule has 3 heteroatoms. The van der Waals surface area contributed by atoms with Crippen molar-refractivity contribution in [3.05, 3.63) is 29.3 Å². The molecular weight excluding hydrogens is 250 g/mol. The maximum absolute atomic E-state index is 9.02. The molecular formula is C17H27NO2. The number of hydrogen-bond donors (Lipinski definition) is 2. The lowest BCUT2D eigenvalue weighted by Gasteiger charge is -2.18. The number of rotatable bonds is 8. The monoisotopic (exact) mass is 277 g/mol. The molecule has 1 aromatic rings. The standard InChI is InChI=1S/C17H27NO2/c1-3-16(18-9-4-5-13(2)12-19)14-6-7-17-15(11-14)8-10-20-17/h6-7,11,13,16,18-19H,3-5,8-10,12H2,1-2H3. The minimum Gasteiger partial charge on any atom is -0.493 e. The molecule has 0 radical (unpaired) electrons. The number of ether oxygens (including phenoxy) is 1. The van der Waals surface area contributed by atoms with Crippen LogP contribution in [-0.2, 0) is 6.42 Å². The maximum atomic E-state index is 9.02. The first kappa shape index (κ1) is 15.3. The van der Waals surface area contributed by atoms with E-state index in [1.54, 1.807) is 0 Å². The highest BCUT2D eigenvalue weighted by atomic mass is 16.5. The van der Waals surface area contributed by atoms with Crippen LogP contribution < -0.4 is 10.1 Å². The topological polar surface area (TPSA) is 41.5 Å². The predicted octanol–water partition coefficient (Wildman–Crippen LogP) is 3.07. The van der Waals surface area contributed by atoms with E-state index in [2.05, 4.69) is 37.4 Å². The Morgan fingerprint density at radius 2 is 2.25 bits per heavy atom. The van der Waals surface area contributed by atoms with Gasteiger partial charge < -0.3 is 15.2 Å². The average molecular weight is 277 g/mol. The molecule has 3 nitrogen and oxygen atoms in total. The van der Waals surface area contributed by atoms with Gasteiger partial charge in [0.15, 0.2) is 0 Å². The summed E-state index contributed by atoms with van der Waals surface area (Å²) in [4.78, 5) is 0. The van der Waals surface area contributed by atoms with Crippen molar-refractivity contribution in [3.8, 4) is 5.75 Å². The summed E-state index contributed by atoms with van der Waals surface area (Å²) in [5, 5.41) is 12.7. The largest absolute Gasteiger partial charge is 0.493 e. The van der Waals surface area contributed by atoms with Gasteiger partial charge in [-0.1, -0.05) is 26.0 Å². The van der Waals surface area contributed by atoms with Gasteiger partial charge >= 0.3 is 0 Å². The second-order valence-corrected chi connectivity index (χ2v) is 5.81. The van der Waals surface area contributed by atoms with Crippen LogP contribution in [0.1, 0.15) is 50.3 Å². The van der Waals surface area contributed by atoms with E-state index in [0.29, 0.717) is 18.6 Å². The second kappa shape index (κ2) is 7.65. The molecule has 0 saturated carbocycles. The van der Waals surface area contributed by atoms with Crippen molar-refractivity contribution in [3.63, 3.8) is 0 Å². The highest BCUT2D eigenvalue weighted by Crippen LogP contribution is 2.29. The Hall–Kier alpha value is -1.06. The number of aliphatic hydroxyl groups excluding tert-OH is 1. The van der Waals surface area contributed by atoms with Gasteiger partial charge in [-0.05, 0) is 48.9 Å². The fourth-order valence-corrected chi connectivity index (χ4v) is 2.74. The lowest BCUT2D eigenvalue weighted by molar-refractivity contribution is 0.227.